The van der Waals surface area contributed by atoms with Crippen LogP contribution in [0.3, 0.4) is 0 Å². The SMILES string of the molecule is O=S(=O)(NC[C@H]1CCCNC1)C(F)(F)F. The Kier molecular flexibility index (Phi) is 3.96. The van der Waals surface area contributed by atoms with Gasteiger partial charge >= 0.3 is 15.5 Å². The van der Waals surface area contributed by atoms with Crippen LogP contribution in [0.25, 0.3) is 0 Å². The van der Waals surface area contributed by atoms with Crippen LogP contribution in [0.1, 0.15) is 12.8 Å². The third-order valence-corrected chi connectivity index (χ3v) is 3.42. The van der Waals surface area contributed by atoms with E-state index in [2.05, 4.69) is 5.32 Å². The van der Waals surface area contributed by atoms with E-state index in [0.717, 1.165) is 19.4 Å². The minimum Gasteiger partial charge on any atom is -0.316 e. The van der Waals surface area contributed by atoms with E-state index in [9.17, 15) is 21.6 Å². The second-order valence-electron chi connectivity index (χ2n) is 3.51. The van der Waals surface area contributed by atoms with Crippen LogP contribution in [0.2, 0.25) is 0 Å². The third-order valence-electron chi connectivity index (χ3n) is 2.27. The van der Waals surface area contributed by atoms with E-state index >= 15 is 0 Å². The summed E-state index contributed by atoms with van der Waals surface area (Å²) in [7, 11) is -5.17. The molecule has 1 atom stereocenters. The van der Waals surface area contributed by atoms with E-state index < -0.39 is 15.5 Å². The fraction of sp³-hybridized carbons (Fsp3) is 1.00. The Hall–Kier alpha value is -0.340. The average molecular weight is 246 g/mol. The van der Waals surface area contributed by atoms with Crippen LogP contribution in [-0.2, 0) is 10.0 Å². The number of hydrogen-bond donors (Lipinski definition) is 2. The summed E-state index contributed by atoms with van der Waals surface area (Å²) in [4.78, 5) is 0. The molecule has 4 nitrogen and oxygen atoms in total. The number of halogens is 3. The number of hydrogen-bond acceptors (Lipinski definition) is 3. The summed E-state index contributed by atoms with van der Waals surface area (Å²) in [6, 6.07) is 0. The van der Waals surface area contributed by atoms with Gasteiger partial charge in [0, 0.05) is 6.54 Å². The molecule has 90 valence electrons. The molecule has 0 aliphatic carbocycles. The van der Waals surface area contributed by atoms with Gasteiger partial charge in [-0.15, -0.1) is 0 Å². The van der Waals surface area contributed by atoms with Crippen molar-refractivity contribution >= 4 is 10.0 Å². The van der Waals surface area contributed by atoms with E-state index in [1.807, 2.05) is 0 Å². The van der Waals surface area contributed by atoms with Crippen molar-refractivity contribution in [3.8, 4) is 0 Å². The van der Waals surface area contributed by atoms with Gasteiger partial charge in [-0.1, -0.05) is 0 Å². The van der Waals surface area contributed by atoms with Gasteiger partial charge < -0.3 is 5.32 Å². The molecule has 0 saturated carbocycles. The molecule has 15 heavy (non-hydrogen) atoms. The van der Waals surface area contributed by atoms with Gasteiger partial charge in [0.25, 0.3) is 0 Å². The Morgan fingerprint density at radius 3 is 2.53 bits per heavy atom. The van der Waals surface area contributed by atoms with Gasteiger partial charge in [-0.25, -0.2) is 13.1 Å². The summed E-state index contributed by atoms with van der Waals surface area (Å²) >= 11 is 0. The van der Waals surface area contributed by atoms with E-state index in [-0.39, 0.29) is 12.5 Å². The zero-order valence-corrected chi connectivity index (χ0v) is 8.79. The average Bonchev–Trinajstić information content (AvgIpc) is 2.15. The number of nitrogens with one attached hydrogen (secondary N) is 2. The molecule has 1 saturated heterocycles. The van der Waals surface area contributed by atoms with Crippen LogP contribution in [0.4, 0.5) is 13.2 Å². The van der Waals surface area contributed by atoms with E-state index in [1.165, 1.54) is 0 Å². The largest absolute Gasteiger partial charge is 0.511 e. The molecule has 1 heterocycles. The molecule has 0 aromatic carbocycles. The predicted octanol–water partition coefficient (Wildman–Crippen LogP) is 0.425. The van der Waals surface area contributed by atoms with Gasteiger partial charge in [0.2, 0.25) is 0 Å². The van der Waals surface area contributed by atoms with Crippen molar-refractivity contribution in [2.45, 2.75) is 18.3 Å². The molecule has 8 heteroatoms. The monoisotopic (exact) mass is 246 g/mol. The second kappa shape index (κ2) is 4.67. The van der Waals surface area contributed by atoms with Crippen LogP contribution in [0.5, 0.6) is 0 Å². The molecule has 1 aliphatic rings. The highest BCUT2D eigenvalue weighted by atomic mass is 32.2. The second-order valence-corrected chi connectivity index (χ2v) is 5.27. The molecule has 0 unspecified atom stereocenters. The maximum absolute atomic E-state index is 11.9. The molecule has 2 N–H and O–H groups in total. The molecule has 0 aromatic heterocycles. The molecule has 0 aromatic rings. The Morgan fingerprint density at radius 2 is 2.07 bits per heavy atom. The molecule has 0 radical (unpaired) electrons. The van der Waals surface area contributed by atoms with Crippen LogP contribution in [0, 0.1) is 5.92 Å². The van der Waals surface area contributed by atoms with Gasteiger partial charge in [-0.2, -0.15) is 13.2 Å². The molecule has 0 bridgehead atoms. The summed E-state index contributed by atoms with van der Waals surface area (Å²) in [5.41, 5.74) is -5.21. The fourth-order valence-corrected chi connectivity index (χ4v) is 2.03. The fourth-order valence-electron chi connectivity index (χ4n) is 1.41. The Morgan fingerprint density at radius 1 is 1.40 bits per heavy atom. The van der Waals surface area contributed by atoms with E-state index in [1.54, 1.807) is 4.72 Å². The summed E-state index contributed by atoms with van der Waals surface area (Å²) in [6.07, 6.45) is 1.60. The van der Waals surface area contributed by atoms with E-state index in [0.29, 0.717) is 6.54 Å². The highest BCUT2D eigenvalue weighted by Crippen LogP contribution is 2.22. The smallest absolute Gasteiger partial charge is 0.316 e. The summed E-state index contributed by atoms with van der Waals surface area (Å²) in [6.45, 7) is 1.23. The zero-order chi connectivity index (χ0) is 11.5. The minimum atomic E-state index is -5.21. The van der Waals surface area contributed by atoms with E-state index in [4.69, 9.17) is 0 Å². The summed E-state index contributed by atoms with van der Waals surface area (Å²) in [5, 5.41) is 2.99. The standard InChI is InChI=1S/C7H13F3N2O2S/c8-7(9,10)15(13,14)12-5-6-2-1-3-11-4-6/h6,11-12H,1-5H2/t6-/m0/s1. The normalized spacial score (nSPS) is 24.1. The van der Waals surface area contributed by atoms with Crippen molar-refractivity contribution < 1.29 is 21.6 Å². The Balaban J connectivity index is 2.42. The molecular weight excluding hydrogens is 233 g/mol. The lowest BCUT2D eigenvalue weighted by Gasteiger charge is -2.23. The third kappa shape index (κ3) is 3.62. The predicted molar refractivity (Wildman–Crippen MR) is 48.6 cm³/mol. The summed E-state index contributed by atoms with van der Waals surface area (Å²) in [5.74, 6) is -0.0594. The maximum atomic E-state index is 11.9. The maximum Gasteiger partial charge on any atom is 0.511 e. The molecular formula is C7H13F3N2O2S. The first kappa shape index (κ1) is 12.7. The Bertz CT molecular complexity index is 296. The van der Waals surface area contributed by atoms with Crippen molar-refractivity contribution in [2.24, 2.45) is 5.92 Å². The topological polar surface area (TPSA) is 58.2 Å². The van der Waals surface area contributed by atoms with Gasteiger partial charge in [0.05, 0.1) is 0 Å². The van der Waals surface area contributed by atoms with Crippen LogP contribution < -0.4 is 10.0 Å². The lowest BCUT2D eigenvalue weighted by molar-refractivity contribution is -0.0448. The van der Waals surface area contributed by atoms with Crippen molar-refractivity contribution in [1.82, 2.24) is 10.0 Å². The summed E-state index contributed by atoms with van der Waals surface area (Å²) < 4.78 is 58.6. The number of alkyl halides is 3. The number of rotatable bonds is 3. The van der Waals surface area contributed by atoms with Crippen molar-refractivity contribution in [2.75, 3.05) is 19.6 Å². The quantitative estimate of drug-likeness (QED) is 0.759. The van der Waals surface area contributed by atoms with Gasteiger partial charge in [-0.3, -0.25) is 0 Å². The van der Waals surface area contributed by atoms with Gasteiger partial charge in [-0.05, 0) is 31.8 Å². The lowest BCUT2D eigenvalue weighted by atomic mass is 10.0. The molecule has 0 spiro atoms. The minimum absolute atomic E-state index is 0.0594. The van der Waals surface area contributed by atoms with Gasteiger partial charge in [0.1, 0.15) is 0 Å². The van der Waals surface area contributed by atoms with Crippen molar-refractivity contribution in [1.29, 1.82) is 0 Å². The van der Waals surface area contributed by atoms with Crippen molar-refractivity contribution in [3.63, 3.8) is 0 Å². The highest BCUT2D eigenvalue weighted by molar-refractivity contribution is 7.90. The highest BCUT2D eigenvalue weighted by Gasteiger charge is 2.45. The molecule has 1 fully saturated rings. The van der Waals surface area contributed by atoms with Crippen LogP contribution in [0.15, 0.2) is 0 Å². The first-order valence-electron chi connectivity index (χ1n) is 4.59. The lowest BCUT2D eigenvalue weighted by Crippen LogP contribution is -2.42. The Labute approximate surface area is 86.3 Å². The zero-order valence-electron chi connectivity index (χ0n) is 7.97. The molecule has 1 rings (SSSR count). The first-order valence-corrected chi connectivity index (χ1v) is 6.08. The molecule has 1 aliphatic heterocycles. The van der Waals surface area contributed by atoms with Crippen molar-refractivity contribution in [3.05, 3.63) is 0 Å². The number of piperidine rings is 1. The van der Waals surface area contributed by atoms with Gasteiger partial charge in [0.15, 0.2) is 0 Å². The van der Waals surface area contributed by atoms with Crippen LogP contribution in [-0.4, -0.2) is 33.6 Å². The van der Waals surface area contributed by atoms with Crippen LogP contribution >= 0.6 is 0 Å². The first-order chi connectivity index (χ1) is 6.83. The molecule has 0 amide bonds. The number of sulfonamides is 1.